The van der Waals surface area contributed by atoms with E-state index in [0.717, 1.165) is 16.9 Å². The van der Waals surface area contributed by atoms with Gasteiger partial charge >= 0.3 is 0 Å². The molecule has 1 aromatic heterocycles. The molecule has 0 radical (unpaired) electrons. The molecule has 1 aliphatic rings. The zero-order valence-electron chi connectivity index (χ0n) is 28.7. The number of rotatable bonds is 5. The van der Waals surface area contributed by atoms with E-state index in [2.05, 4.69) is 182 Å². The number of nitrogens with zero attached hydrogens (tertiary/aromatic N) is 2. The van der Waals surface area contributed by atoms with Crippen molar-refractivity contribution in [3.05, 3.63) is 192 Å². The van der Waals surface area contributed by atoms with Crippen LogP contribution in [0, 0.1) is 5.92 Å². The lowest BCUT2D eigenvalue weighted by molar-refractivity contribution is 0.650. The Morgan fingerprint density at radius 1 is 0.519 bits per heavy atom. The van der Waals surface area contributed by atoms with Gasteiger partial charge in [0.15, 0.2) is 0 Å². The van der Waals surface area contributed by atoms with E-state index >= 15 is 0 Å². The molecule has 246 valence electrons. The predicted octanol–water partition coefficient (Wildman–Crippen LogP) is 13.5. The highest BCUT2D eigenvalue weighted by Crippen LogP contribution is 2.45. The molecule has 0 spiro atoms. The van der Waals surface area contributed by atoms with Crippen LogP contribution in [0.5, 0.6) is 0 Å². The molecule has 2 heterocycles. The molecular weight excluding hydrogens is 649 g/mol. The van der Waals surface area contributed by atoms with E-state index in [1.807, 2.05) is 5.51 Å². The van der Waals surface area contributed by atoms with Gasteiger partial charge in [0.2, 0.25) is 0 Å². The highest BCUT2D eigenvalue weighted by molar-refractivity contribution is 7.16. The lowest BCUT2D eigenvalue weighted by atomic mass is 9.75. The van der Waals surface area contributed by atoms with Gasteiger partial charge in [0.25, 0.3) is 0 Å². The van der Waals surface area contributed by atoms with Crippen LogP contribution in [0.15, 0.2) is 180 Å². The zero-order chi connectivity index (χ0) is 34.6. The maximum Gasteiger partial charge on any atom is 0.0890 e. The summed E-state index contributed by atoms with van der Waals surface area (Å²) >= 11 is 1.70. The number of hydrogen-bond acceptors (Lipinski definition) is 3. The number of benzene rings is 8. The van der Waals surface area contributed by atoms with Crippen LogP contribution in [-0.2, 0) is 0 Å². The number of fused-ring (bicyclic) bond motifs is 5. The van der Waals surface area contributed by atoms with Crippen LogP contribution in [0.25, 0.3) is 65.1 Å². The van der Waals surface area contributed by atoms with E-state index in [9.17, 15) is 0 Å². The SMILES string of the molecule is CC1C(c2ccc(-c3c(-c4ccc(-c5cc6scnc6c6ccccc56)cc4)ccc4ccccc34)cc2)=Nc2ccccc2C1c1ccccc1. The summed E-state index contributed by atoms with van der Waals surface area (Å²) in [6.07, 6.45) is 0. The second-order valence-corrected chi connectivity index (χ2v) is 14.7. The fourth-order valence-electron chi connectivity index (χ4n) is 8.36. The van der Waals surface area contributed by atoms with Gasteiger partial charge in [-0.1, -0.05) is 165 Å². The molecule has 10 rings (SSSR count). The largest absolute Gasteiger partial charge is 0.252 e. The van der Waals surface area contributed by atoms with Crippen molar-refractivity contribution in [2.75, 3.05) is 0 Å². The normalized spacial score (nSPS) is 15.5. The van der Waals surface area contributed by atoms with E-state index in [4.69, 9.17) is 4.99 Å². The topological polar surface area (TPSA) is 25.2 Å². The van der Waals surface area contributed by atoms with Gasteiger partial charge in [-0.15, -0.1) is 11.3 Å². The van der Waals surface area contributed by atoms with E-state index in [1.54, 1.807) is 11.3 Å². The number of hydrogen-bond donors (Lipinski definition) is 0. The second-order valence-electron chi connectivity index (χ2n) is 13.8. The molecule has 9 aromatic rings. The first-order valence-corrected chi connectivity index (χ1v) is 18.8. The molecule has 3 heteroatoms. The maximum absolute atomic E-state index is 5.27. The molecule has 2 nitrogen and oxygen atoms in total. The fraction of sp³-hybridized carbons (Fsp3) is 0.0612. The average Bonchev–Trinajstić information content (AvgIpc) is 3.70. The summed E-state index contributed by atoms with van der Waals surface area (Å²) in [4.78, 5) is 9.94. The quantitative estimate of drug-likeness (QED) is 0.177. The van der Waals surface area contributed by atoms with Crippen LogP contribution in [0.4, 0.5) is 5.69 Å². The van der Waals surface area contributed by atoms with Crippen molar-refractivity contribution < 1.29 is 0 Å². The molecule has 8 aromatic carbocycles. The van der Waals surface area contributed by atoms with Gasteiger partial charge in [0, 0.05) is 17.2 Å². The molecule has 2 unspecified atom stereocenters. The van der Waals surface area contributed by atoms with Crippen LogP contribution in [0.1, 0.15) is 29.5 Å². The minimum absolute atomic E-state index is 0.226. The Labute approximate surface area is 307 Å². The molecule has 0 fully saturated rings. The molecule has 0 aliphatic carbocycles. The number of thiazole rings is 1. The number of aromatic nitrogens is 1. The van der Waals surface area contributed by atoms with Crippen molar-refractivity contribution in [3.8, 4) is 33.4 Å². The third-order valence-electron chi connectivity index (χ3n) is 10.9. The van der Waals surface area contributed by atoms with Gasteiger partial charge in [-0.2, -0.15) is 0 Å². The Bertz CT molecular complexity index is 2790. The van der Waals surface area contributed by atoms with Gasteiger partial charge in [0.05, 0.1) is 27.1 Å². The average molecular weight is 683 g/mol. The molecule has 0 saturated carbocycles. The van der Waals surface area contributed by atoms with Crippen molar-refractivity contribution in [2.24, 2.45) is 10.9 Å². The van der Waals surface area contributed by atoms with Crippen LogP contribution in [0.3, 0.4) is 0 Å². The maximum atomic E-state index is 5.27. The van der Waals surface area contributed by atoms with Crippen molar-refractivity contribution in [2.45, 2.75) is 12.8 Å². The molecule has 0 N–H and O–H groups in total. The van der Waals surface area contributed by atoms with Crippen molar-refractivity contribution in [3.63, 3.8) is 0 Å². The summed E-state index contributed by atoms with van der Waals surface area (Å²) in [5.74, 6) is 0.475. The second kappa shape index (κ2) is 12.6. The summed E-state index contributed by atoms with van der Waals surface area (Å²) in [7, 11) is 0. The van der Waals surface area contributed by atoms with Gasteiger partial charge in [-0.25, -0.2) is 4.98 Å². The van der Waals surface area contributed by atoms with Crippen LogP contribution in [0.2, 0.25) is 0 Å². The van der Waals surface area contributed by atoms with E-state index in [0.29, 0.717) is 0 Å². The smallest absolute Gasteiger partial charge is 0.0890 e. The van der Waals surface area contributed by atoms with E-state index in [1.165, 1.54) is 76.3 Å². The van der Waals surface area contributed by atoms with Crippen LogP contribution < -0.4 is 0 Å². The molecule has 0 amide bonds. The minimum atomic E-state index is 0.226. The summed E-state index contributed by atoms with van der Waals surface area (Å²) in [5.41, 5.74) is 16.3. The Morgan fingerprint density at radius 2 is 1.15 bits per heavy atom. The first-order chi connectivity index (χ1) is 25.7. The molecule has 2 atom stereocenters. The molecule has 52 heavy (non-hydrogen) atoms. The van der Waals surface area contributed by atoms with Crippen molar-refractivity contribution >= 4 is 54.5 Å². The lowest BCUT2D eigenvalue weighted by Gasteiger charge is -2.32. The van der Waals surface area contributed by atoms with Gasteiger partial charge in [-0.05, 0) is 78.4 Å². The van der Waals surface area contributed by atoms with Gasteiger partial charge in [0.1, 0.15) is 0 Å². The Hall–Kier alpha value is -6.16. The van der Waals surface area contributed by atoms with Crippen LogP contribution >= 0.6 is 11.3 Å². The van der Waals surface area contributed by atoms with E-state index in [-0.39, 0.29) is 11.8 Å². The van der Waals surface area contributed by atoms with Gasteiger partial charge in [-0.3, -0.25) is 4.99 Å². The summed E-state index contributed by atoms with van der Waals surface area (Å²) in [6, 6.07) is 61.9. The zero-order valence-corrected chi connectivity index (χ0v) is 29.5. The summed E-state index contributed by atoms with van der Waals surface area (Å²) in [6.45, 7) is 2.32. The monoisotopic (exact) mass is 682 g/mol. The van der Waals surface area contributed by atoms with Crippen molar-refractivity contribution in [1.29, 1.82) is 0 Å². The Kier molecular flexibility index (Phi) is 7.40. The highest BCUT2D eigenvalue weighted by Gasteiger charge is 2.31. The third-order valence-corrected chi connectivity index (χ3v) is 11.6. The first-order valence-electron chi connectivity index (χ1n) is 17.9. The minimum Gasteiger partial charge on any atom is -0.252 e. The van der Waals surface area contributed by atoms with Crippen LogP contribution in [-0.4, -0.2) is 10.7 Å². The number of aliphatic imine (C=N–C) groups is 1. The molecular formula is C49H34N2S. The third kappa shape index (κ3) is 5.08. The number of para-hydroxylation sites is 1. The molecule has 0 bridgehead atoms. The predicted molar refractivity (Wildman–Crippen MR) is 221 cm³/mol. The lowest BCUT2D eigenvalue weighted by Crippen LogP contribution is -2.24. The Balaban J connectivity index is 1.06. The first kappa shape index (κ1) is 30.6. The molecule has 1 aliphatic heterocycles. The van der Waals surface area contributed by atoms with Crippen molar-refractivity contribution in [1.82, 2.24) is 4.98 Å². The fourth-order valence-corrected chi connectivity index (χ4v) is 9.09. The highest BCUT2D eigenvalue weighted by atomic mass is 32.1. The molecule has 0 saturated heterocycles. The van der Waals surface area contributed by atoms with E-state index < -0.39 is 0 Å². The standard InChI is InChI=1S/C49H34N2S/c1-31-46(35-12-3-2-4-13-35)42-17-9-10-18-44(42)51-48(31)37-25-23-36(24-26-37)47-38-14-6-5-11-32(38)27-28-39(47)33-19-21-34(22-20-33)43-29-45-49(50-30-52-45)41-16-8-7-15-40(41)43/h2-31,46H,1H3. The Morgan fingerprint density at radius 3 is 1.96 bits per heavy atom. The van der Waals surface area contributed by atoms with Gasteiger partial charge < -0.3 is 0 Å². The summed E-state index contributed by atoms with van der Waals surface area (Å²) in [5, 5.41) is 4.92. The summed E-state index contributed by atoms with van der Waals surface area (Å²) < 4.78 is 1.21.